The second-order valence-electron chi connectivity index (χ2n) is 7.44. The van der Waals surface area contributed by atoms with Crippen LogP contribution in [0.1, 0.15) is 0 Å². The Bertz CT molecular complexity index is 1370. The molecule has 176 valence electrons. The molecule has 6 amide bonds. The molecule has 3 heterocycles. The molecular formula is C22H13ClN4O7S. The molecule has 11 nitrogen and oxygen atoms in total. The summed E-state index contributed by atoms with van der Waals surface area (Å²) in [6.07, 6.45) is 0.909. The number of benzene rings is 2. The molecule has 0 aromatic heterocycles. The van der Waals surface area contributed by atoms with E-state index < -0.39 is 41.2 Å². The average molecular weight is 513 g/mol. The largest absolute Gasteiger partial charge is 0.454 e. The molecule has 0 aliphatic carbocycles. The molecule has 3 aliphatic rings. The number of nitrogens with zero attached hydrogens (tertiary/aromatic N) is 2. The van der Waals surface area contributed by atoms with E-state index in [4.69, 9.17) is 33.3 Å². The maximum Gasteiger partial charge on any atom is 0.335 e. The van der Waals surface area contributed by atoms with Crippen molar-refractivity contribution in [1.29, 1.82) is 0 Å². The van der Waals surface area contributed by atoms with Gasteiger partial charge < -0.3 is 14.8 Å². The van der Waals surface area contributed by atoms with Crippen molar-refractivity contribution >= 4 is 70.0 Å². The first-order valence-corrected chi connectivity index (χ1v) is 10.8. The van der Waals surface area contributed by atoms with Crippen molar-refractivity contribution in [2.75, 3.05) is 16.6 Å². The third-order valence-corrected chi connectivity index (χ3v) is 5.87. The van der Waals surface area contributed by atoms with Crippen molar-refractivity contribution in [3.8, 4) is 11.5 Å². The molecule has 2 aromatic rings. The van der Waals surface area contributed by atoms with Gasteiger partial charge >= 0.3 is 6.03 Å². The van der Waals surface area contributed by atoms with E-state index in [1.165, 1.54) is 42.5 Å². The van der Waals surface area contributed by atoms with Gasteiger partial charge in [-0.15, -0.1) is 0 Å². The number of fused-ring (bicyclic) bond motifs is 1. The lowest BCUT2D eigenvalue weighted by atomic mass is 9.98. The van der Waals surface area contributed by atoms with Gasteiger partial charge in [0.2, 0.25) is 18.6 Å². The van der Waals surface area contributed by atoms with Crippen molar-refractivity contribution in [3.05, 3.63) is 59.1 Å². The monoisotopic (exact) mass is 512 g/mol. The number of anilines is 2. The number of rotatable bonds is 3. The average Bonchev–Trinajstić information content (AvgIpc) is 3.27. The van der Waals surface area contributed by atoms with Crippen LogP contribution in [0.2, 0.25) is 5.02 Å². The number of imide groups is 2. The topological polar surface area (TPSA) is 134 Å². The van der Waals surface area contributed by atoms with Crippen LogP contribution in [0.15, 0.2) is 54.1 Å². The van der Waals surface area contributed by atoms with E-state index in [-0.39, 0.29) is 17.6 Å². The quantitative estimate of drug-likeness (QED) is 0.274. The summed E-state index contributed by atoms with van der Waals surface area (Å²) in [4.78, 5) is 65.8. The fourth-order valence-electron chi connectivity index (χ4n) is 3.67. The zero-order valence-corrected chi connectivity index (χ0v) is 19.0. The van der Waals surface area contributed by atoms with Crippen LogP contribution in [0, 0.1) is 5.92 Å². The fourth-order valence-corrected chi connectivity index (χ4v) is 4.10. The molecule has 1 atom stereocenters. The van der Waals surface area contributed by atoms with Gasteiger partial charge in [-0.1, -0.05) is 11.6 Å². The number of barbiturate groups is 1. The molecule has 5 rings (SSSR count). The van der Waals surface area contributed by atoms with E-state index in [1.807, 2.05) is 5.32 Å². The lowest BCUT2D eigenvalue weighted by Crippen LogP contribution is -2.58. The number of ether oxygens (including phenoxy) is 2. The highest BCUT2D eigenvalue weighted by Gasteiger charge is 2.43. The highest BCUT2D eigenvalue weighted by molar-refractivity contribution is 7.80. The lowest BCUT2D eigenvalue weighted by Gasteiger charge is -2.32. The molecular weight excluding hydrogens is 500 g/mol. The Kier molecular flexibility index (Phi) is 5.46. The predicted molar refractivity (Wildman–Crippen MR) is 125 cm³/mol. The fraction of sp³-hybridized carbons (Fsp3) is 0.0909. The molecule has 3 aliphatic heterocycles. The van der Waals surface area contributed by atoms with Crippen molar-refractivity contribution in [3.63, 3.8) is 0 Å². The number of amides is 6. The summed E-state index contributed by atoms with van der Waals surface area (Å²) in [5, 5.41) is 4.68. The minimum absolute atomic E-state index is 0.0204. The van der Waals surface area contributed by atoms with Crippen molar-refractivity contribution in [2.45, 2.75) is 0 Å². The van der Waals surface area contributed by atoms with Gasteiger partial charge in [-0.25, -0.2) is 9.69 Å². The molecule has 0 spiro atoms. The van der Waals surface area contributed by atoms with Gasteiger partial charge in [0, 0.05) is 11.1 Å². The normalized spacial score (nSPS) is 20.9. The number of nitrogens with one attached hydrogen (secondary N) is 2. The van der Waals surface area contributed by atoms with Crippen LogP contribution in [-0.4, -0.2) is 41.6 Å². The number of halogens is 1. The van der Waals surface area contributed by atoms with Crippen LogP contribution in [0.5, 0.6) is 11.5 Å². The Balaban J connectivity index is 1.49. The Morgan fingerprint density at radius 2 is 1.60 bits per heavy atom. The van der Waals surface area contributed by atoms with Crippen LogP contribution in [-0.2, 0) is 19.2 Å². The Hall–Kier alpha value is -4.29. The summed E-state index contributed by atoms with van der Waals surface area (Å²) in [5.74, 6) is -4.54. The summed E-state index contributed by atoms with van der Waals surface area (Å²) in [5.41, 5.74) is -0.150. The first kappa shape index (κ1) is 22.5. The van der Waals surface area contributed by atoms with Gasteiger partial charge in [0.15, 0.2) is 16.6 Å². The van der Waals surface area contributed by atoms with E-state index >= 15 is 0 Å². The standard InChI is InChI=1S/C22H13ClN4O7S/c23-10-1-3-11(4-2-10)27-20(31)14(18(29)25-22(27)35)8-13-17(28)24-21(32)26(19(13)30)12-5-6-15-16(7-12)34-9-33-15/h1-8,14H,9H2,(H,24,28,32)(H,25,29,35)/b13-8+/t14-/m0/s1. The predicted octanol–water partition coefficient (Wildman–Crippen LogP) is 1.64. The first-order valence-electron chi connectivity index (χ1n) is 10.00. The highest BCUT2D eigenvalue weighted by atomic mass is 35.5. The van der Waals surface area contributed by atoms with E-state index in [0.29, 0.717) is 27.1 Å². The van der Waals surface area contributed by atoms with Gasteiger partial charge in [0.25, 0.3) is 11.8 Å². The highest BCUT2D eigenvalue weighted by Crippen LogP contribution is 2.36. The Labute approximate surface area is 207 Å². The van der Waals surface area contributed by atoms with Gasteiger partial charge in [0.05, 0.1) is 11.4 Å². The number of thiocarbonyl (C=S) groups is 1. The van der Waals surface area contributed by atoms with E-state index in [9.17, 15) is 24.0 Å². The van der Waals surface area contributed by atoms with Crippen LogP contribution < -0.4 is 29.9 Å². The molecule has 2 N–H and O–H groups in total. The first-order chi connectivity index (χ1) is 16.7. The minimum Gasteiger partial charge on any atom is -0.454 e. The molecule has 2 aromatic carbocycles. The van der Waals surface area contributed by atoms with Gasteiger partial charge in [-0.3, -0.25) is 29.4 Å². The smallest absolute Gasteiger partial charge is 0.335 e. The van der Waals surface area contributed by atoms with Crippen molar-refractivity contribution in [2.24, 2.45) is 5.92 Å². The molecule has 2 fully saturated rings. The number of hydrogen-bond acceptors (Lipinski definition) is 8. The number of urea groups is 1. The summed E-state index contributed by atoms with van der Waals surface area (Å²) in [6, 6.07) is 9.43. The van der Waals surface area contributed by atoms with E-state index in [0.717, 1.165) is 11.0 Å². The summed E-state index contributed by atoms with van der Waals surface area (Å²) >= 11 is 11.0. The third-order valence-electron chi connectivity index (χ3n) is 5.34. The minimum atomic E-state index is -1.58. The Morgan fingerprint density at radius 3 is 2.34 bits per heavy atom. The van der Waals surface area contributed by atoms with Crippen LogP contribution in [0.25, 0.3) is 0 Å². The Morgan fingerprint density at radius 1 is 0.914 bits per heavy atom. The zero-order valence-electron chi connectivity index (χ0n) is 17.4. The van der Waals surface area contributed by atoms with Crippen molar-refractivity contribution in [1.82, 2.24) is 10.6 Å². The zero-order chi connectivity index (χ0) is 24.9. The van der Waals surface area contributed by atoms with Crippen LogP contribution in [0.3, 0.4) is 0 Å². The summed E-state index contributed by atoms with van der Waals surface area (Å²) in [7, 11) is 0. The summed E-state index contributed by atoms with van der Waals surface area (Å²) in [6.45, 7) is -0.0204. The second-order valence-corrected chi connectivity index (χ2v) is 8.26. The number of carbonyl (C=O) groups is 5. The molecule has 35 heavy (non-hydrogen) atoms. The van der Waals surface area contributed by atoms with Gasteiger partial charge in [0.1, 0.15) is 11.5 Å². The van der Waals surface area contributed by atoms with Gasteiger partial charge in [-0.05, 0) is 54.7 Å². The second kappa shape index (κ2) is 8.49. The molecule has 0 radical (unpaired) electrons. The number of hydrogen-bond donors (Lipinski definition) is 2. The molecule has 0 bridgehead atoms. The molecule has 2 saturated heterocycles. The lowest BCUT2D eigenvalue weighted by molar-refractivity contribution is -0.131. The number of carbonyl (C=O) groups excluding carboxylic acids is 5. The maximum atomic E-state index is 13.2. The van der Waals surface area contributed by atoms with Crippen LogP contribution in [0.4, 0.5) is 16.2 Å². The molecule has 0 saturated carbocycles. The molecule has 13 heteroatoms. The SMILES string of the molecule is O=C1NC(=O)N(c2ccc3c(c2)OCO3)C(=O)/C1=C/[C@H]1C(=O)NC(=S)N(c2ccc(Cl)cc2)C1=O. The maximum absolute atomic E-state index is 13.2. The summed E-state index contributed by atoms with van der Waals surface area (Å²) < 4.78 is 10.5. The third kappa shape index (κ3) is 3.88. The molecule has 0 unspecified atom stereocenters. The van der Waals surface area contributed by atoms with Crippen molar-refractivity contribution < 1.29 is 33.4 Å². The van der Waals surface area contributed by atoms with E-state index in [1.54, 1.807) is 0 Å². The van der Waals surface area contributed by atoms with E-state index in [2.05, 4.69) is 5.32 Å². The van der Waals surface area contributed by atoms with Crippen LogP contribution >= 0.6 is 23.8 Å². The van der Waals surface area contributed by atoms with Gasteiger partial charge in [-0.2, -0.15) is 0 Å².